The molecule has 12 aromatic rings. The lowest BCUT2D eigenvalue weighted by Crippen LogP contribution is -2.01. The number of H-pyrrole nitrogens is 1. The van der Waals surface area contributed by atoms with E-state index in [1.54, 1.807) is 88.8 Å². The molecule has 6 aromatic heterocycles. The van der Waals surface area contributed by atoms with E-state index >= 15 is 0 Å². The standard InChI is InChI=1S/C11H12N2O.2C10H10N2O.C10H10N2.C9H8N2O.C9H8N2/c1-7-3-4-13-11-9(7)5-8(14-2)6-10(11)12;1-13-8-5-7-3-2-4-12-10(7)9(11)6-8;1-13-9-5-6-12-10-7(9)3-2-4-8(10)11;1-7-4-5-8-3-2-6-12-10(8)9(7)11;10-7-3-1-2-6-8(12)4-5-11-9(6)7;10-8-4-3-7-2-1-5-11-9(7)6-8/h3-6H,12H2,1-2H3;2*2-6H,11H2,1H3;2-6H,11H2,1H3;1-5H,10H2,(H,11,12);1-6H,10H2. The van der Waals surface area contributed by atoms with Gasteiger partial charge in [-0.3, -0.25) is 29.7 Å². The van der Waals surface area contributed by atoms with E-state index in [1.165, 1.54) is 6.07 Å². The molecule has 0 bridgehead atoms. The molecule has 0 aliphatic carbocycles. The summed E-state index contributed by atoms with van der Waals surface area (Å²) >= 11 is 0. The Morgan fingerprint density at radius 1 is 0.427 bits per heavy atom. The number of hydrogen-bond donors (Lipinski definition) is 7. The van der Waals surface area contributed by atoms with Gasteiger partial charge < -0.3 is 53.6 Å². The fraction of sp³-hybridized carbons (Fsp3) is 0.0847. The summed E-state index contributed by atoms with van der Waals surface area (Å²) in [4.78, 5) is 35.2. The predicted molar refractivity (Wildman–Crippen MR) is 309 cm³/mol. The minimum absolute atomic E-state index is 0.00366. The topological polar surface area (TPSA) is 281 Å². The maximum atomic E-state index is 11.3. The van der Waals surface area contributed by atoms with Crippen LogP contribution in [0.5, 0.6) is 17.2 Å². The van der Waals surface area contributed by atoms with Gasteiger partial charge >= 0.3 is 0 Å². The number of hydrogen-bond acceptors (Lipinski definition) is 15. The van der Waals surface area contributed by atoms with Crippen LogP contribution >= 0.6 is 0 Å². The molecule has 0 aliphatic heterocycles. The van der Waals surface area contributed by atoms with Crippen molar-refractivity contribution in [3.8, 4) is 17.2 Å². The average Bonchev–Trinajstić information content (AvgIpc) is 3.43. The molecule has 12 rings (SSSR count). The Balaban J connectivity index is 0.000000131. The Bertz CT molecular complexity index is 3960. The Morgan fingerprint density at radius 2 is 1.01 bits per heavy atom. The van der Waals surface area contributed by atoms with Crippen LogP contribution in [0.15, 0.2) is 188 Å². The van der Waals surface area contributed by atoms with Gasteiger partial charge in [-0.15, -0.1) is 0 Å². The molecule has 16 nitrogen and oxygen atoms in total. The monoisotopic (exact) mass is 998 g/mol. The number of rotatable bonds is 3. The number of nitrogens with two attached hydrogens (primary N) is 6. The van der Waals surface area contributed by atoms with Gasteiger partial charge in [0.05, 0.1) is 82.9 Å². The van der Waals surface area contributed by atoms with Crippen LogP contribution < -0.4 is 54.0 Å². The van der Waals surface area contributed by atoms with Crippen LogP contribution in [-0.2, 0) is 0 Å². The Hall–Kier alpha value is -10.2. The number of nitrogens with one attached hydrogen (secondary N) is 1. The number of anilines is 6. The number of aromatic amines is 1. The van der Waals surface area contributed by atoms with E-state index in [0.29, 0.717) is 33.7 Å². The zero-order valence-corrected chi connectivity index (χ0v) is 42.2. The van der Waals surface area contributed by atoms with E-state index in [1.807, 2.05) is 123 Å². The van der Waals surface area contributed by atoms with Crippen molar-refractivity contribution in [2.75, 3.05) is 55.7 Å². The molecular formula is C59H58N12O4. The van der Waals surface area contributed by atoms with E-state index in [9.17, 15) is 4.79 Å². The lowest BCUT2D eigenvalue weighted by atomic mass is 10.1. The van der Waals surface area contributed by atoms with E-state index in [-0.39, 0.29) is 5.43 Å². The fourth-order valence-electron chi connectivity index (χ4n) is 7.75. The van der Waals surface area contributed by atoms with Gasteiger partial charge in [-0.2, -0.15) is 0 Å². The summed E-state index contributed by atoms with van der Waals surface area (Å²) in [6, 6.07) is 45.1. The van der Waals surface area contributed by atoms with Gasteiger partial charge in [0.1, 0.15) is 17.2 Å². The summed E-state index contributed by atoms with van der Waals surface area (Å²) in [5.74, 6) is 2.33. The molecule has 0 saturated heterocycles. The van der Waals surface area contributed by atoms with Crippen molar-refractivity contribution >= 4 is 99.5 Å². The largest absolute Gasteiger partial charge is 0.497 e. The molecule has 75 heavy (non-hydrogen) atoms. The number of aryl methyl sites for hydroxylation is 2. The van der Waals surface area contributed by atoms with Crippen LogP contribution in [0.4, 0.5) is 34.1 Å². The first-order chi connectivity index (χ1) is 36.3. The maximum Gasteiger partial charge on any atom is 0.189 e. The summed E-state index contributed by atoms with van der Waals surface area (Å²) in [7, 11) is 4.89. The number of nitrogen functional groups attached to an aromatic ring is 6. The SMILES string of the molecule is COc1cc(N)c2nccc(C)c2c1.COc1cc(N)c2ncccc2c1.COc1ccnc2c(N)cccc12.Cc1ccc2cccnc2c1N.Nc1ccc2cccnc2c1.Nc1cccc2c(=O)cc[nH]c12. The minimum atomic E-state index is -0.00366. The summed E-state index contributed by atoms with van der Waals surface area (Å²) in [5, 5.41) is 5.86. The summed E-state index contributed by atoms with van der Waals surface area (Å²) in [6.07, 6.45) is 10.3. The highest BCUT2D eigenvalue weighted by Crippen LogP contribution is 2.29. The minimum Gasteiger partial charge on any atom is -0.497 e. The van der Waals surface area contributed by atoms with E-state index in [4.69, 9.17) is 48.6 Å². The maximum absolute atomic E-state index is 11.3. The van der Waals surface area contributed by atoms with Crippen molar-refractivity contribution in [3.63, 3.8) is 0 Å². The van der Waals surface area contributed by atoms with Gasteiger partial charge in [0.25, 0.3) is 0 Å². The third-order valence-electron chi connectivity index (χ3n) is 11.7. The quantitative estimate of drug-likeness (QED) is 0.0810. The van der Waals surface area contributed by atoms with Crippen molar-refractivity contribution in [1.29, 1.82) is 0 Å². The Kier molecular flexibility index (Phi) is 17.4. The van der Waals surface area contributed by atoms with Crippen LogP contribution in [0.3, 0.4) is 0 Å². The lowest BCUT2D eigenvalue weighted by Gasteiger charge is -2.06. The van der Waals surface area contributed by atoms with Gasteiger partial charge in [0.2, 0.25) is 0 Å². The van der Waals surface area contributed by atoms with E-state index in [0.717, 1.165) is 94.3 Å². The van der Waals surface area contributed by atoms with Gasteiger partial charge in [0, 0.05) is 93.4 Å². The fourth-order valence-corrected chi connectivity index (χ4v) is 7.75. The summed E-state index contributed by atoms with van der Waals surface area (Å²) < 4.78 is 15.4. The molecular weight excluding hydrogens is 941 g/mol. The average molecular weight is 999 g/mol. The van der Waals surface area contributed by atoms with Crippen molar-refractivity contribution in [1.82, 2.24) is 29.9 Å². The molecule has 0 fully saturated rings. The van der Waals surface area contributed by atoms with Crippen molar-refractivity contribution < 1.29 is 14.2 Å². The molecule has 0 saturated carbocycles. The third-order valence-corrected chi connectivity index (χ3v) is 11.7. The molecule has 0 amide bonds. The van der Waals surface area contributed by atoms with Crippen molar-refractivity contribution in [2.24, 2.45) is 0 Å². The Morgan fingerprint density at radius 3 is 1.72 bits per heavy atom. The third kappa shape index (κ3) is 13.0. The second-order valence-electron chi connectivity index (χ2n) is 16.7. The van der Waals surface area contributed by atoms with Gasteiger partial charge in [-0.05, 0) is 104 Å². The number of ether oxygens (including phenoxy) is 3. The molecule has 16 heteroatoms. The van der Waals surface area contributed by atoms with Crippen LogP contribution in [0.1, 0.15) is 11.1 Å². The molecule has 6 aromatic carbocycles. The lowest BCUT2D eigenvalue weighted by molar-refractivity contribution is 0.415. The summed E-state index contributed by atoms with van der Waals surface area (Å²) in [5.41, 5.74) is 45.9. The van der Waals surface area contributed by atoms with Gasteiger partial charge in [-0.25, -0.2) is 0 Å². The first-order valence-corrected chi connectivity index (χ1v) is 23.4. The first kappa shape index (κ1) is 52.6. The van der Waals surface area contributed by atoms with E-state index < -0.39 is 0 Å². The van der Waals surface area contributed by atoms with Crippen LogP contribution in [0.25, 0.3) is 65.4 Å². The number of fused-ring (bicyclic) bond motifs is 6. The van der Waals surface area contributed by atoms with Crippen LogP contribution in [-0.4, -0.2) is 51.2 Å². The highest BCUT2D eigenvalue weighted by atomic mass is 16.5. The molecule has 0 radical (unpaired) electrons. The molecule has 0 aliphatic rings. The Labute approximate surface area is 433 Å². The van der Waals surface area contributed by atoms with Crippen LogP contribution in [0.2, 0.25) is 0 Å². The highest BCUT2D eigenvalue weighted by Gasteiger charge is 2.06. The van der Waals surface area contributed by atoms with Gasteiger partial charge in [0.15, 0.2) is 5.43 Å². The molecule has 0 unspecified atom stereocenters. The summed E-state index contributed by atoms with van der Waals surface area (Å²) in [6.45, 7) is 4.02. The van der Waals surface area contributed by atoms with E-state index in [2.05, 4.69) is 29.9 Å². The number of benzene rings is 6. The number of para-hydroxylation sites is 2. The van der Waals surface area contributed by atoms with Gasteiger partial charge in [-0.1, -0.05) is 48.5 Å². The first-order valence-electron chi connectivity index (χ1n) is 23.4. The molecule has 378 valence electrons. The normalized spacial score (nSPS) is 10.3. The van der Waals surface area contributed by atoms with Crippen LogP contribution in [0, 0.1) is 13.8 Å². The number of aromatic nitrogens is 6. The molecule has 13 N–H and O–H groups in total. The number of nitrogens with zero attached hydrogens (tertiary/aromatic N) is 5. The second kappa shape index (κ2) is 24.8. The zero-order valence-electron chi connectivity index (χ0n) is 42.2. The smallest absolute Gasteiger partial charge is 0.189 e. The zero-order chi connectivity index (χ0) is 53.4. The number of methoxy groups -OCH3 is 3. The second-order valence-corrected chi connectivity index (χ2v) is 16.7. The molecule has 0 atom stereocenters. The molecule has 0 spiro atoms. The molecule has 6 heterocycles. The van der Waals surface area contributed by atoms with Crippen molar-refractivity contribution in [2.45, 2.75) is 13.8 Å². The highest BCUT2D eigenvalue weighted by molar-refractivity contribution is 5.95. The van der Waals surface area contributed by atoms with Crippen molar-refractivity contribution in [3.05, 3.63) is 204 Å². The predicted octanol–water partition coefficient (Wildman–Crippen LogP) is 10.8. The number of pyridine rings is 6.